The van der Waals surface area contributed by atoms with E-state index in [9.17, 15) is 0 Å². The lowest BCUT2D eigenvalue weighted by atomic mass is 9.90. The van der Waals surface area contributed by atoms with Gasteiger partial charge in [-0.15, -0.1) is 0 Å². The molecule has 1 aromatic heterocycles. The maximum Gasteiger partial charge on any atom is 0.138 e. The summed E-state index contributed by atoms with van der Waals surface area (Å²) >= 11 is 0. The number of aromatic nitrogens is 3. The minimum Gasteiger partial charge on any atom is -0.308 e. The molecule has 17 heavy (non-hydrogen) atoms. The first-order chi connectivity index (χ1) is 8.28. The Labute approximate surface area is 101 Å². The van der Waals surface area contributed by atoms with Crippen LogP contribution in [0.4, 0.5) is 0 Å². The zero-order chi connectivity index (χ0) is 11.7. The van der Waals surface area contributed by atoms with E-state index >= 15 is 0 Å². The minimum atomic E-state index is 0.140. The fourth-order valence-corrected chi connectivity index (χ4v) is 2.46. The Kier molecular flexibility index (Phi) is 2.44. The summed E-state index contributed by atoms with van der Waals surface area (Å²) in [5.41, 5.74) is 2.53. The van der Waals surface area contributed by atoms with Crippen LogP contribution in [0.25, 0.3) is 5.69 Å². The van der Waals surface area contributed by atoms with Crippen molar-refractivity contribution in [3.05, 3.63) is 42.5 Å². The third-order valence-electron chi connectivity index (χ3n) is 3.56. The second kappa shape index (κ2) is 3.96. The molecule has 0 amide bonds. The van der Waals surface area contributed by atoms with Crippen molar-refractivity contribution in [1.82, 2.24) is 20.1 Å². The van der Waals surface area contributed by atoms with E-state index in [-0.39, 0.29) is 5.54 Å². The molecular weight excluding hydrogens is 212 g/mol. The minimum absolute atomic E-state index is 0.140. The summed E-state index contributed by atoms with van der Waals surface area (Å²) in [6, 6.07) is 8.54. The van der Waals surface area contributed by atoms with Gasteiger partial charge < -0.3 is 5.32 Å². The SMILES string of the molecule is CC1(c2ccc(-n3cncn3)cc2)CCCN1. The van der Waals surface area contributed by atoms with Crippen molar-refractivity contribution in [2.45, 2.75) is 25.3 Å². The van der Waals surface area contributed by atoms with Crippen LogP contribution in [0.1, 0.15) is 25.3 Å². The Morgan fingerprint density at radius 2 is 2.12 bits per heavy atom. The number of benzene rings is 1. The smallest absolute Gasteiger partial charge is 0.138 e. The lowest BCUT2D eigenvalue weighted by Gasteiger charge is -2.25. The summed E-state index contributed by atoms with van der Waals surface area (Å²) in [5, 5.41) is 7.69. The molecule has 1 aliphatic heterocycles. The predicted octanol–water partition coefficient (Wildman–Crippen LogP) is 1.87. The van der Waals surface area contributed by atoms with E-state index in [1.54, 1.807) is 17.3 Å². The van der Waals surface area contributed by atoms with Gasteiger partial charge in [-0.05, 0) is 44.0 Å². The van der Waals surface area contributed by atoms with Gasteiger partial charge in [0.1, 0.15) is 12.7 Å². The second-order valence-corrected chi connectivity index (χ2v) is 4.75. The fourth-order valence-electron chi connectivity index (χ4n) is 2.46. The maximum absolute atomic E-state index is 4.12. The van der Waals surface area contributed by atoms with Crippen molar-refractivity contribution in [2.24, 2.45) is 0 Å². The van der Waals surface area contributed by atoms with Crippen LogP contribution in [0.2, 0.25) is 0 Å². The molecule has 1 atom stereocenters. The summed E-state index contributed by atoms with van der Waals surface area (Å²) < 4.78 is 1.77. The van der Waals surface area contributed by atoms with Gasteiger partial charge in [0.15, 0.2) is 0 Å². The average molecular weight is 228 g/mol. The van der Waals surface area contributed by atoms with E-state index in [2.05, 4.69) is 46.6 Å². The highest BCUT2D eigenvalue weighted by atomic mass is 15.3. The van der Waals surface area contributed by atoms with E-state index in [0.29, 0.717) is 0 Å². The van der Waals surface area contributed by atoms with Crippen molar-refractivity contribution >= 4 is 0 Å². The van der Waals surface area contributed by atoms with Gasteiger partial charge in [-0.2, -0.15) is 5.10 Å². The molecular formula is C13H16N4. The van der Waals surface area contributed by atoms with Crippen LogP contribution in [-0.4, -0.2) is 21.3 Å². The van der Waals surface area contributed by atoms with Gasteiger partial charge in [0.25, 0.3) is 0 Å². The van der Waals surface area contributed by atoms with E-state index in [0.717, 1.165) is 12.2 Å². The molecule has 1 unspecified atom stereocenters. The van der Waals surface area contributed by atoms with Crippen LogP contribution < -0.4 is 5.32 Å². The molecule has 2 heterocycles. The largest absolute Gasteiger partial charge is 0.308 e. The van der Waals surface area contributed by atoms with Gasteiger partial charge in [0.2, 0.25) is 0 Å². The Morgan fingerprint density at radius 3 is 2.71 bits per heavy atom. The summed E-state index contributed by atoms with van der Waals surface area (Å²) in [5.74, 6) is 0. The number of hydrogen-bond donors (Lipinski definition) is 1. The van der Waals surface area contributed by atoms with Crippen molar-refractivity contribution in [1.29, 1.82) is 0 Å². The van der Waals surface area contributed by atoms with Gasteiger partial charge >= 0.3 is 0 Å². The molecule has 1 N–H and O–H groups in total. The van der Waals surface area contributed by atoms with Crippen LogP contribution in [0.5, 0.6) is 0 Å². The van der Waals surface area contributed by atoms with Gasteiger partial charge in [0, 0.05) is 5.54 Å². The normalized spacial score (nSPS) is 24.1. The highest BCUT2D eigenvalue weighted by Crippen LogP contribution is 2.30. The standard InChI is InChI=1S/C13H16N4/c1-13(7-2-8-15-13)11-3-5-12(6-4-11)17-10-14-9-16-17/h3-6,9-10,15H,2,7-8H2,1H3. The quantitative estimate of drug-likeness (QED) is 0.853. The second-order valence-electron chi connectivity index (χ2n) is 4.75. The predicted molar refractivity (Wildman–Crippen MR) is 65.9 cm³/mol. The molecule has 0 radical (unpaired) electrons. The Morgan fingerprint density at radius 1 is 1.29 bits per heavy atom. The van der Waals surface area contributed by atoms with Crippen LogP contribution in [0.15, 0.2) is 36.9 Å². The monoisotopic (exact) mass is 228 g/mol. The van der Waals surface area contributed by atoms with Gasteiger partial charge in [-0.25, -0.2) is 9.67 Å². The third kappa shape index (κ3) is 1.85. The zero-order valence-corrected chi connectivity index (χ0v) is 9.93. The van der Waals surface area contributed by atoms with E-state index < -0.39 is 0 Å². The zero-order valence-electron chi connectivity index (χ0n) is 9.93. The summed E-state index contributed by atoms with van der Waals surface area (Å²) in [7, 11) is 0. The Hall–Kier alpha value is -1.68. The number of nitrogens with one attached hydrogen (secondary N) is 1. The molecule has 88 valence electrons. The summed E-state index contributed by atoms with van der Waals surface area (Å²) in [6.07, 6.45) is 5.72. The van der Waals surface area contributed by atoms with Crippen LogP contribution in [0.3, 0.4) is 0 Å². The maximum atomic E-state index is 4.12. The molecule has 0 saturated carbocycles. The molecule has 4 nitrogen and oxygen atoms in total. The first-order valence-corrected chi connectivity index (χ1v) is 5.98. The van der Waals surface area contributed by atoms with Crippen LogP contribution in [-0.2, 0) is 5.54 Å². The van der Waals surface area contributed by atoms with Crippen molar-refractivity contribution in [3.63, 3.8) is 0 Å². The van der Waals surface area contributed by atoms with Gasteiger partial charge in [-0.1, -0.05) is 12.1 Å². The average Bonchev–Trinajstić information content (AvgIpc) is 3.01. The van der Waals surface area contributed by atoms with Crippen LogP contribution in [0, 0.1) is 0 Å². The first kappa shape index (κ1) is 10.5. The Bertz CT molecular complexity index is 481. The van der Waals surface area contributed by atoms with Crippen LogP contribution >= 0.6 is 0 Å². The lowest BCUT2D eigenvalue weighted by molar-refractivity contribution is 0.434. The Balaban J connectivity index is 1.90. The van der Waals surface area contributed by atoms with E-state index in [4.69, 9.17) is 0 Å². The number of hydrogen-bond acceptors (Lipinski definition) is 3. The summed E-state index contributed by atoms with van der Waals surface area (Å²) in [6.45, 7) is 3.38. The molecule has 2 aromatic rings. The molecule has 1 aromatic carbocycles. The molecule has 0 aliphatic carbocycles. The molecule has 3 rings (SSSR count). The highest BCUT2D eigenvalue weighted by Gasteiger charge is 2.29. The first-order valence-electron chi connectivity index (χ1n) is 5.98. The molecule has 0 bridgehead atoms. The topological polar surface area (TPSA) is 42.7 Å². The number of rotatable bonds is 2. The molecule has 4 heteroatoms. The fraction of sp³-hybridized carbons (Fsp3) is 0.385. The van der Waals surface area contributed by atoms with Crippen molar-refractivity contribution in [3.8, 4) is 5.69 Å². The van der Waals surface area contributed by atoms with E-state index in [1.165, 1.54) is 18.4 Å². The molecule has 1 aliphatic rings. The molecule has 0 spiro atoms. The van der Waals surface area contributed by atoms with Gasteiger partial charge in [-0.3, -0.25) is 0 Å². The number of nitrogens with zero attached hydrogens (tertiary/aromatic N) is 3. The third-order valence-corrected chi connectivity index (χ3v) is 3.56. The molecule has 1 fully saturated rings. The lowest BCUT2D eigenvalue weighted by Crippen LogP contribution is -2.32. The molecule has 1 saturated heterocycles. The summed E-state index contributed by atoms with van der Waals surface area (Å²) in [4.78, 5) is 3.95. The van der Waals surface area contributed by atoms with Crippen molar-refractivity contribution in [2.75, 3.05) is 6.54 Å². The highest BCUT2D eigenvalue weighted by molar-refractivity contribution is 5.36. The van der Waals surface area contributed by atoms with E-state index in [1.807, 2.05) is 0 Å². The van der Waals surface area contributed by atoms with Crippen molar-refractivity contribution < 1.29 is 0 Å². The van der Waals surface area contributed by atoms with Gasteiger partial charge in [0.05, 0.1) is 5.69 Å².